The third-order valence-corrected chi connectivity index (χ3v) is 8.48. The fourth-order valence-corrected chi connectivity index (χ4v) is 6.79. The fraction of sp³-hybridized carbons (Fsp3) is 0.312. The van der Waals surface area contributed by atoms with Gasteiger partial charge in [-0.2, -0.15) is 0 Å². The quantitative estimate of drug-likeness (QED) is 0.155. The van der Waals surface area contributed by atoms with Crippen molar-refractivity contribution < 1.29 is 24.3 Å². The van der Waals surface area contributed by atoms with Crippen molar-refractivity contribution in [3.63, 3.8) is 0 Å². The SMILES string of the molecule is CO/N=C(/C(=O)N[C@@H]1C(=O)N2C(C(=O)O)=C(CSc3nnc(N)s3)CS[C@H]12)c1csc(N)n1. The molecule has 13 nitrogen and oxygen atoms in total. The Hall–Kier alpha value is -2.89. The van der Waals surface area contributed by atoms with Gasteiger partial charge in [-0.15, -0.1) is 33.3 Å². The summed E-state index contributed by atoms with van der Waals surface area (Å²) in [7, 11) is 1.27. The van der Waals surface area contributed by atoms with E-state index in [9.17, 15) is 19.5 Å². The van der Waals surface area contributed by atoms with Crippen LogP contribution in [-0.4, -0.2) is 78.7 Å². The van der Waals surface area contributed by atoms with Gasteiger partial charge in [0.1, 0.15) is 29.9 Å². The van der Waals surface area contributed by atoms with Crippen molar-refractivity contribution in [1.82, 2.24) is 25.4 Å². The second-order valence-electron chi connectivity index (χ2n) is 6.51. The molecule has 2 aliphatic rings. The lowest BCUT2D eigenvalue weighted by Gasteiger charge is -2.49. The number of oxime groups is 1. The Morgan fingerprint density at radius 1 is 1.39 bits per heavy atom. The average molecular weight is 529 g/mol. The molecule has 17 heteroatoms. The summed E-state index contributed by atoms with van der Waals surface area (Å²) in [6.45, 7) is 0. The second kappa shape index (κ2) is 9.54. The van der Waals surface area contributed by atoms with Crippen LogP contribution in [-0.2, 0) is 19.2 Å². The van der Waals surface area contributed by atoms with Gasteiger partial charge >= 0.3 is 5.97 Å². The minimum atomic E-state index is -1.22. The van der Waals surface area contributed by atoms with Gasteiger partial charge in [-0.3, -0.25) is 14.5 Å². The van der Waals surface area contributed by atoms with Gasteiger partial charge in [0, 0.05) is 16.9 Å². The van der Waals surface area contributed by atoms with Gasteiger partial charge in [-0.25, -0.2) is 9.78 Å². The summed E-state index contributed by atoms with van der Waals surface area (Å²) in [6, 6.07) is -0.924. The monoisotopic (exact) mass is 528 g/mol. The number of amides is 2. The first kappa shape index (κ1) is 23.3. The zero-order chi connectivity index (χ0) is 23.7. The molecule has 0 aliphatic carbocycles. The Morgan fingerprint density at radius 2 is 2.18 bits per heavy atom. The number of rotatable bonds is 8. The van der Waals surface area contributed by atoms with Crippen LogP contribution in [0.25, 0.3) is 0 Å². The van der Waals surface area contributed by atoms with E-state index >= 15 is 0 Å². The molecule has 0 radical (unpaired) electrons. The predicted octanol–water partition coefficient (Wildman–Crippen LogP) is 0.0404. The number of β-lactam (4-membered cyclic amide) rings is 1. The normalized spacial score (nSPS) is 20.3. The number of hydrogen-bond donors (Lipinski definition) is 4. The highest BCUT2D eigenvalue weighted by Gasteiger charge is 2.54. The van der Waals surface area contributed by atoms with Gasteiger partial charge in [0.15, 0.2) is 15.2 Å². The third-order valence-electron chi connectivity index (χ3n) is 4.49. The molecule has 33 heavy (non-hydrogen) atoms. The molecule has 174 valence electrons. The van der Waals surface area contributed by atoms with Crippen LogP contribution in [0.4, 0.5) is 10.3 Å². The summed E-state index contributed by atoms with van der Waals surface area (Å²) in [5.74, 6) is -1.75. The highest BCUT2D eigenvalue weighted by molar-refractivity contribution is 8.01. The van der Waals surface area contributed by atoms with E-state index in [0.29, 0.717) is 26.6 Å². The lowest BCUT2D eigenvalue weighted by molar-refractivity contribution is -0.150. The maximum absolute atomic E-state index is 12.8. The predicted molar refractivity (Wildman–Crippen MR) is 125 cm³/mol. The zero-order valence-corrected chi connectivity index (χ0v) is 20.0. The van der Waals surface area contributed by atoms with Crippen molar-refractivity contribution in [2.24, 2.45) is 5.16 Å². The number of carbonyl (C=O) groups excluding carboxylic acids is 2. The maximum Gasteiger partial charge on any atom is 0.352 e. The molecule has 4 heterocycles. The molecule has 4 rings (SSSR count). The lowest BCUT2D eigenvalue weighted by atomic mass is 10.0. The summed E-state index contributed by atoms with van der Waals surface area (Å²) in [6.07, 6.45) is 0. The van der Waals surface area contributed by atoms with E-state index < -0.39 is 29.2 Å². The minimum Gasteiger partial charge on any atom is -0.477 e. The number of thioether (sulfide) groups is 2. The summed E-state index contributed by atoms with van der Waals surface area (Å²) in [4.78, 5) is 47.5. The number of hydrogen-bond acceptors (Lipinski definition) is 14. The molecule has 2 aromatic rings. The Bertz CT molecular complexity index is 1180. The van der Waals surface area contributed by atoms with Crippen LogP contribution in [0.3, 0.4) is 0 Å². The van der Waals surface area contributed by atoms with Gasteiger partial charge in [0.2, 0.25) is 5.13 Å². The van der Waals surface area contributed by atoms with Crippen molar-refractivity contribution >= 4 is 80.0 Å². The zero-order valence-electron chi connectivity index (χ0n) is 16.8. The first-order valence-corrected chi connectivity index (χ1v) is 12.8. The molecule has 1 saturated heterocycles. The molecule has 0 saturated carbocycles. The number of carbonyl (C=O) groups is 3. The summed E-state index contributed by atoms with van der Waals surface area (Å²) >= 11 is 4.97. The third kappa shape index (κ3) is 4.61. The lowest BCUT2D eigenvalue weighted by Crippen LogP contribution is -2.71. The van der Waals surface area contributed by atoms with Crippen LogP contribution in [0.2, 0.25) is 0 Å². The molecule has 0 aromatic carbocycles. The van der Waals surface area contributed by atoms with E-state index in [1.54, 1.807) is 0 Å². The van der Waals surface area contributed by atoms with Crippen LogP contribution >= 0.6 is 46.2 Å². The topological polar surface area (TPSA) is 199 Å². The van der Waals surface area contributed by atoms with Gasteiger partial charge in [-0.05, 0) is 5.57 Å². The van der Waals surface area contributed by atoms with E-state index in [-0.39, 0.29) is 22.2 Å². The van der Waals surface area contributed by atoms with Crippen LogP contribution in [0, 0.1) is 0 Å². The van der Waals surface area contributed by atoms with E-state index in [0.717, 1.165) is 11.3 Å². The highest BCUT2D eigenvalue weighted by Crippen LogP contribution is 2.41. The Kier molecular flexibility index (Phi) is 6.73. The van der Waals surface area contributed by atoms with Crippen molar-refractivity contribution in [3.05, 3.63) is 22.3 Å². The number of nitrogens with two attached hydrogens (primary N) is 2. The molecule has 0 spiro atoms. The van der Waals surface area contributed by atoms with Crippen molar-refractivity contribution in [2.75, 3.05) is 30.1 Å². The summed E-state index contributed by atoms with van der Waals surface area (Å²) < 4.78 is 0.601. The van der Waals surface area contributed by atoms with Gasteiger partial charge < -0.3 is 26.7 Å². The number of aromatic nitrogens is 3. The number of anilines is 2. The highest BCUT2D eigenvalue weighted by atomic mass is 32.2. The first-order chi connectivity index (χ1) is 15.8. The van der Waals surface area contributed by atoms with Crippen LogP contribution in [0.1, 0.15) is 5.69 Å². The Labute approximate surface area is 202 Å². The second-order valence-corrected chi connectivity index (χ2v) is 10.7. The molecule has 1 fully saturated rings. The molecule has 2 aromatic heterocycles. The van der Waals surface area contributed by atoms with E-state index in [1.807, 2.05) is 0 Å². The molecule has 0 bridgehead atoms. The number of carboxylic acids is 1. The molecular formula is C16H16N8O5S4. The van der Waals surface area contributed by atoms with Crippen molar-refractivity contribution in [2.45, 2.75) is 15.8 Å². The number of nitrogen functional groups attached to an aromatic ring is 2. The van der Waals surface area contributed by atoms with Crippen LogP contribution < -0.4 is 16.8 Å². The minimum absolute atomic E-state index is 0.0858. The average Bonchev–Trinajstić information content (AvgIpc) is 3.40. The molecule has 6 N–H and O–H groups in total. The van der Waals surface area contributed by atoms with E-state index in [2.05, 4.69) is 25.7 Å². The molecule has 2 atom stereocenters. The Balaban J connectivity index is 1.49. The largest absolute Gasteiger partial charge is 0.477 e. The molecule has 2 amide bonds. The number of fused-ring (bicyclic) bond motifs is 1. The first-order valence-electron chi connectivity index (χ1n) is 9.05. The summed E-state index contributed by atoms with van der Waals surface area (Å²) in [5.41, 5.74) is 11.7. The molecule has 0 unspecified atom stereocenters. The molecular weight excluding hydrogens is 512 g/mol. The van der Waals surface area contributed by atoms with Gasteiger partial charge in [0.25, 0.3) is 11.8 Å². The van der Waals surface area contributed by atoms with Gasteiger partial charge in [-0.1, -0.05) is 28.3 Å². The van der Waals surface area contributed by atoms with E-state index in [1.165, 1.54) is 52.3 Å². The fourth-order valence-electron chi connectivity index (χ4n) is 3.12. The van der Waals surface area contributed by atoms with Crippen molar-refractivity contribution in [1.29, 1.82) is 0 Å². The number of aliphatic carboxylic acids is 1. The number of thiazole rings is 1. The smallest absolute Gasteiger partial charge is 0.352 e. The number of nitrogens with one attached hydrogen (secondary N) is 1. The number of nitrogens with zero attached hydrogens (tertiary/aromatic N) is 5. The number of carboxylic acid groups (broad SMARTS) is 1. The summed E-state index contributed by atoms with van der Waals surface area (Å²) in [5, 5.41) is 25.2. The van der Waals surface area contributed by atoms with E-state index in [4.69, 9.17) is 16.3 Å². The maximum atomic E-state index is 12.8. The van der Waals surface area contributed by atoms with Crippen LogP contribution in [0.15, 0.2) is 26.1 Å². The standard InChI is InChI=1S/C16H16N8O5S4/c1-29-23-7(6-4-31-14(17)19-6)10(25)20-8-11(26)24-9(13(27)28)5(2-30-12(8)24)3-32-16-22-21-15(18)33-16/h4,8,12H,2-3H2,1H3,(H2,17,19)(H2,18,21)(H,20,25)(H,27,28)/b23-7+/t8-,12-/m1/s1. The van der Waals surface area contributed by atoms with Crippen LogP contribution in [0.5, 0.6) is 0 Å². The Morgan fingerprint density at radius 3 is 2.79 bits per heavy atom. The van der Waals surface area contributed by atoms with Crippen molar-refractivity contribution in [3.8, 4) is 0 Å². The molecule has 2 aliphatic heterocycles. The van der Waals surface area contributed by atoms with Gasteiger partial charge in [0.05, 0.1) is 0 Å².